The fourth-order valence-electron chi connectivity index (χ4n) is 2.05. The van der Waals surface area contributed by atoms with Gasteiger partial charge in [0.25, 0.3) is 5.89 Å². The summed E-state index contributed by atoms with van der Waals surface area (Å²) in [4.78, 5) is 11.1. The highest BCUT2D eigenvalue weighted by atomic mass is 19.4. The van der Waals surface area contributed by atoms with E-state index in [1.807, 2.05) is 0 Å². The van der Waals surface area contributed by atoms with Crippen molar-refractivity contribution in [2.75, 3.05) is 0 Å². The number of aryl methyl sites for hydroxylation is 1. The van der Waals surface area contributed by atoms with Gasteiger partial charge in [-0.2, -0.15) is 18.2 Å². The number of alkyl halides is 3. The normalized spacial score (nSPS) is 12.2. The van der Waals surface area contributed by atoms with Crippen molar-refractivity contribution < 1.29 is 22.8 Å². The first-order chi connectivity index (χ1) is 10.5. The standard InChI is InChI=1S/C13H11F3N4O2/c14-13(15,16)5-4-9-19-12(22-20-9)7-2-1-3-8-11(7)18-10(6-21)17-8/h1-3,21H,4-6H2,(H,17,18). The van der Waals surface area contributed by atoms with Gasteiger partial charge in [-0.1, -0.05) is 11.2 Å². The number of benzene rings is 1. The van der Waals surface area contributed by atoms with E-state index in [0.717, 1.165) is 0 Å². The topological polar surface area (TPSA) is 87.8 Å². The van der Waals surface area contributed by atoms with E-state index in [9.17, 15) is 13.2 Å². The number of H-pyrrole nitrogens is 1. The Kier molecular flexibility index (Phi) is 3.57. The van der Waals surface area contributed by atoms with Gasteiger partial charge in [-0.25, -0.2) is 4.98 Å². The Balaban J connectivity index is 1.91. The molecule has 0 aliphatic heterocycles. The lowest BCUT2D eigenvalue weighted by atomic mass is 10.2. The molecule has 0 aliphatic carbocycles. The van der Waals surface area contributed by atoms with Crippen LogP contribution in [-0.4, -0.2) is 31.4 Å². The molecule has 0 atom stereocenters. The summed E-state index contributed by atoms with van der Waals surface area (Å²) in [5.41, 5.74) is 1.67. The molecule has 0 spiro atoms. The number of fused-ring (bicyclic) bond motifs is 1. The highest BCUT2D eigenvalue weighted by molar-refractivity contribution is 5.89. The number of nitrogens with one attached hydrogen (secondary N) is 1. The molecule has 0 saturated carbocycles. The number of aromatic nitrogens is 4. The summed E-state index contributed by atoms with van der Waals surface area (Å²) in [6.45, 7) is -0.255. The van der Waals surface area contributed by atoms with Gasteiger partial charge in [0.1, 0.15) is 17.9 Å². The van der Waals surface area contributed by atoms with Gasteiger partial charge in [-0.15, -0.1) is 0 Å². The highest BCUT2D eigenvalue weighted by Crippen LogP contribution is 2.27. The smallest absolute Gasteiger partial charge is 0.388 e. The summed E-state index contributed by atoms with van der Waals surface area (Å²) in [6.07, 6.45) is -5.61. The zero-order valence-electron chi connectivity index (χ0n) is 11.2. The Morgan fingerprint density at radius 1 is 1.23 bits per heavy atom. The lowest BCUT2D eigenvalue weighted by Crippen LogP contribution is -2.09. The van der Waals surface area contributed by atoms with Gasteiger partial charge in [0.2, 0.25) is 0 Å². The largest absolute Gasteiger partial charge is 0.389 e. The van der Waals surface area contributed by atoms with Crippen LogP contribution in [0.5, 0.6) is 0 Å². The minimum absolute atomic E-state index is 0.0118. The molecule has 0 aliphatic rings. The van der Waals surface area contributed by atoms with Crippen molar-refractivity contribution in [1.82, 2.24) is 20.1 Å². The molecule has 9 heteroatoms. The van der Waals surface area contributed by atoms with Crippen LogP contribution in [-0.2, 0) is 13.0 Å². The third kappa shape index (κ3) is 2.93. The summed E-state index contributed by atoms with van der Waals surface area (Å²) in [5.74, 6) is 0.459. The lowest BCUT2D eigenvalue weighted by Gasteiger charge is -2.01. The molecule has 1 aromatic carbocycles. The number of nitrogens with zero attached hydrogens (tertiary/aromatic N) is 3. The molecule has 3 aromatic rings. The second-order valence-electron chi connectivity index (χ2n) is 4.67. The van der Waals surface area contributed by atoms with E-state index < -0.39 is 12.6 Å². The average molecular weight is 312 g/mol. The van der Waals surface area contributed by atoms with Crippen LogP contribution < -0.4 is 0 Å². The fourth-order valence-corrected chi connectivity index (χ4v) is 2.05. The van der Waals surface area contributed by atoms with Gasteiger partial charge in [-0.3, -0.25) is 0 Å². The van der Waals surface area contributed by atoms with Crippen LogP contribution in [0.4, 0.5) is 13.2 Å². The lowest BCUT2D eigenvalue weighted by molar-refractivity contribution is -0.134. The zero-order valence-corrected chi connectivity index (χ0v) is 11.2. The van der Waals surface area contributed by atoms with Crippen molar-refractivity contribution in [3.63, 3.8) is 0 Å². The Hall–Kier alpha value is -2.42. The van der Waals surface area contributed by atoms with E-state index in [1.165, 1.54) is 0 Å². The monoisotopic (exact) mass is 312 g/mol. The van der Waals surface area contributed by atoms with E-state index >= 15 is 0 Å². The third-order valence-corrected chi connectivity index (χ3v) is 3.04. The highest BCUT2D eigenvalue weighted by Gasteiger charge is 2.27. The van der Waals surface area contributed by atoms with Crippen LogP contribution in [0.25, 0.3) is 22.5 Å². The summed E-state index contributed by atoms with van der Waals surface area (Å²) in [7, 11) is 0. The molecule has 22 heavy (non-hydrogen) atoms. The third-order valence-electron chi connectivity index (χ3n) is 3.04. The van der Waals surface area contributed by atoms with Gasteiger partial charge >= 0.3 is 6.18 Å². The molecule has 0 unspecified atom stereocenters. The number of hydrogen-bond donors (Lipinski definition) is 2. The molecular formula is C13H11F3N4O2. The van der Waals surface area contributed by atoms with Gasteiger partial charge < -0.3 is 14.6 Å². The molecule has 0 bridgehead atoms. The minimum Gasteiger partial charge on any atom is -0.388 e. The number of halogens is 3. The Morgan fingerprint density at radius 3 is 2.77 bits per heavy atom. The molecule has 0 fully saturated rings. The van der Waals surface area contributed by atoms with Crippen LogP contribution >= 0.6 is 0 Å². The van der Waals surface area contributed by atoms with Gasteiger partial charge in [0.05, 0.1) is 17.5 Å². The molecular weight excluding hydrogens is 301 g/mol. The molecule has 6 nitrogen and oxygen atoms in total. The zero-order chi connectivity index (χ0) is 15.7. The summed E-state index contributed by atoms with van der Waals surface area (Å²) >= 11 is 0. The number of aliphatic hydroxyl groups excluding tert-OH is 1. The predicted molar refractivity (Wildman–Crippen MR) is 69.7 cm³/mol. The molecule has 0 saturated heterocycles. The van der Waals surface area contributed by atoms with E-state index in [4.69, 9.17) is 9.63 Å². The van der Waals surface area contributed by atoms with Gasteiger partial charge in [-0.05, 0) is 12.1 Å². The Bertz CT molecular complexity index is 794. The van der Waals surface area contributed by atoms with Crippen molar-refractivity contribution in [1.29, 1.82) is 0 Å². The average Bonchev–Trinajstić information content (AvgIpc) is 3.10. The van der Waals surface area contributed by atoms with Crippen molar-refractivity contribution in [2.24, 2.45) is 0 Å². The number of aromatic amines is 1. The Labute approximate surface area is 122 Å². The fraction of sp³-hybridized carbons (Fsp3) is 0.308. The number of rotatable bonds is 4. The number of imidazole rings is 1. The second-order valence-corrected chi connectivity index (χ2v) is 4.67. The van der Waals surface area contributed by atoms with Crippen molar-refractivity contribution >= 4 is 11.0 Å². The molecule has 2 N–H and O–H groups in total. The maximum Gasteiger partial charge on any atom is 0.389 e. The molecule has 0 amide bonds. The summed E-state index contributed by atoms with van der Waals surface area (Å²) < 4.78 is 41.6. The maximum atomic E-state index is 12.2. The molecule has 2 heterocycles. The van der Waals surface area contributed by atoms with Gasteiger partial charge in [0, 0.05) is 6.42 Å². The first-order valence-corrected chi connectivity index (χ1v) is 6.44. The molecule has 116 valence electrons. The van der Waals surface area contributed by atoms with E-state index in [2.05, 4.69) is 20.1 Å². The van der Waals surface area contributed by atoms with Crippen molar-refractivity contribution in [2.45, 2.75) is 25.6 Å². The van der Waals surface area contributed by atoms with Crippen LogP contribution in [0.15, 0.2) is 22.7 Å². The second kappa shape index (κ2) is 5.41. The van der Waals surface area contributed by atoms with Crippen LogP contribution in [0.3, 0.4) is 0 Å². The van der Waals surface area contributed by atoms with Crippen LogP contribution in [0, 0.1) is 0 Å². The van der Waals surface area contributed by atoms with Crippen LogP contribution in [0.2, 0.25) is 0 Å². The first kappa shape index (κ1) is 14.5. The van der Waals surface area contributed by atoms with E-state index in [1.54, 1.807) is 18.2 Å². The molecule has 3 rings (SSSR count). The van der Waals surface area contributed by atoms with Gasteiger partial charge in [0.15, 0.2) is 5.82 Å². The number of hydrogen-bond acceptors (Lipinski definition) is 5. The maximum absolute atomic E-state index is 12.2. The summed E-state index contributed by atoms with van der Waals surface area (Å²) in [5, 5.41) is 12.7. The number of aliphatic hydroxyl groups is 1. The van der Waals surface area contributed by atoms with Crippen molar-refractivity contribution in [3.05, 3.63) is 29.8 Å². The van der Waals surface area contributed by atoms with Crippen LogP contribution in [0.1, 0.15) is 18.1 Å². The molecule has 0 radical (unpaired) electrons. The first-order valence-electron chi connectivity index (χ1n) is 6.44. The summed E-state index contributed by atoms with van der Waals surface area (Å²) in [6, 6.07) is 5.15. The Morgan fingerprint density at radius 2 is 2.05 bits per heavy atom. The molecule has 2 aromatic heterocycles. The van der Waals surface area contributed by atoms with Crippen molar-refractivity contribution in [3.8, 4) is 11.5 Å². The van der Waals surface area contributed by atoms with E-state index in [-0.39, 0.29) is 24.7 Å². The predicted octanol–water partition coefficient (Wildman–Crippen LogP) is 2.60. The van der Waals surface area contributed by atoms with E-state index in [0.29, 0.717) is 22.4 Å². The SMILES string of the molecule is OCc1nc2c(-c3nc(CCC(F)(F)F)no3)cccc2[nH]1. The quantitative estimate of drug-likeness (QED) is 0.773. The number of para-hydroxylation sites is 1. The minimum atomic E-state index is -4.26.